The van der Waals surface area contributed by atoms with Gasteiger partial charge in [0.1, 0.15) is 18.4 Å². The first-order valence-corrected chi connectivity index (χ1v) is 12.2. The number of hydrogen-bond donors (Lipinski definition) is 2. The molecule has 1 aliphatic heterocycles. The van der Waals surface area contributed by atoms with E-state index in [1.165, 1.54) is 24.1 Å². The normalized spacial score (nSPS) is 16.1. The molecule has 2 amide bonds. The van der Waals surface area contributed by atoms with Crippen LogP contribution in [-0.2, 0) is 22.3 Å². The summed E-state index contributed by atoms with van der Waals surface area (Å²) >= 11 is 3.44. The number of hydrogen-bond acceptors (Lipinski definition) is 5. The SMILES string of the molecule is CNC(C)C(=O)NC1COc2c(cccc2C(F)(F)F)N(Cc2c(OC)ccc3cc(Br)ccc23)C1=O.Cl. The molecule has 2 unspecified atom stereocenters. The van der Waals surface area contributed by atoms with Crippen LogP contribution in [0.25, 0.3) is 10.8 Å². The van der Waals surface area contributed by atoms with Gasteiger partial charge in [0.15, 0.2) is 5.75 Å². The molecule has 0 aliphatic carbocycles. The van der Waals surface area contributed by atoms with E-state index in [9.17, 15) is 22.8 Å². The van der Waals surface area contributed by atoms with Crippen LogP contribution in [0.2, 0.25) is 0 Å². The second-order valence-corrected chi connectivity index (χ2v) is 9.49. The van der Waals surface area contributed by atoms with E-state index in [1.807, 2.05) is 24.3 Å². The number of alkyl halides is 3. The van der Waals surface area contributed by atoms with E-state index in [1.54, 1.807) is 20.0 Å². The molecule has 204 valence electrons. The predicted octanol–water partition coefficient (Wildman–Crippen LogP) is 5.07. The highest BCUT2D eigenvalue weighted by molar-refractivity contribution is 9.10. The lowest BCUT2D eigenvalue weighted by Crippen LogP contribution is -2.53. The van der Waals surface area contributed by atoms with Crippen molar-refractivity contribution < 1.29 is 32.2 Å². The molecule has 0 saturated heterocycles. The number of nitrogens with one attached hydrogen (secondary N) is 2. The molecule has 0 fully saturated rings. The summed E-state index contributed by atoms with van der Waals surface area (Å²) < 4.78 is 53.7. The van der Waals surface area contributed by atoms with Crippen molar-refractivity contribution in [2.75, 3.05) is 25.7 Å². The number of amides is 2. The maximum atomic E-state index is 13.9. The summed E-state index contributed by atoms with van der Waals surface area (Å²) in [5, 5.41) is 6.99. The molecule has 2 atom stereocenters. The van der Waals surface area contributed by atoms with Crippen LogP contribution in [0.3, 0.4) is 0 Å². The standard InChI is InChI=1S/C26H25BrF3N3O4.ClH/c1-14(31-2)24(34)32-20-13-37-23-19(26(28,29)30)5-4-6-21(23)33(25(20)35)12-18-17-9-8-16(27)11-15(17)7-10-22(18)36-3;/h4-11,14,20,31H,12-13H2,1-3H3,(H,32,34);1H. The zero-order chi connectivity index (χ0) is 26.9. The predicted molar refractivity (Wildman–Crippen MR) is 144 cm³/mol. The van der Waals surface area contributed by atoms with Gasteiger partial charge in [-0.25, -0.2) is 0 Å². The molecule has 4 rings (SSSR count). The van der Waals surface area contributed by atoms with Crippen LogP contribution in [0.5, 0.6) is 11.5 Å². The van der Waals surface area contributed by atoms with Gasteiger partial charge >= 0.3 is 6.18 Å². The maximum Gasteiger partial charge on any atom is 0.420 e. The van der Waals surface area contributed by atoms with Gasteiger partial charge in [0, 0.05) is 10.0 Å². The Morgan fingerprint density at radius 2 is 1.97 bits per heavy atom. The number of ether oxygens (including phenoxy) is 2. The van der Waals surface area contributed by atoms with Gasteiger partial charge in [-0.3, -0.25) is 9.59 Å². The van der Waals surface area contributed by atoms with Crippen LogP contribution < -0.4 is 25.0 Å². The van der Waals surface area contributed by atoms with Crippen LogP contribution in [0.4, 0.5) is 18.9 Å². The number of benzene rings is 3. The van der Waals surface area contributed by atoms with Crippen molar-refractivity contribution >= 4 is 56.6 Å². The van der Waals surface area contributed by atoms with E-state index < -0.39 is 48.0 Å². The molecule has 1 aliphatic rings. The number of anilines is 1. The first kappa shape index (κ1) is 29.5. The Morgan fingerprint density at radius 1 is 1.24 bits per heavy atom. The molecule has 0 radical (unpaired) electrons. The molecule has 2 N–H and O–H groups in total. The van der Waals surface area contributed by atoms with Crippen LogP contribution >= 0.6 is 28.3 Å². The lowest BCUT2D eigenvalue weighted by atomic mass is 10.0. The Kier molecular flexibility index (Phi) is 9.17. The van der Waals surface area contributed by atoms with Crippen LogP contribution in [0.1, 0.15) is 18.1 Å². The number of fused-ring (bicyclic) bond motifs is 2. The van der Waals surface area contributed by atoms with Crippen molar-refractivity contribution in [3.63, 3.8) is 0 Å². The number of nitrogens with zero attached hydrogens (tertiary/aromatic N) is 1. The summed E-state index contributed by atoms with van der Waals surface area (Å²) in [5.74, 6) is -1.10. The van der Waals surface area contributed by atoms with E-state index in [2.05, 4.69) is 26.6 Å². The summed E-state index contributed by atoms with van der Waals surface area (Å²) in [4.78, 5) is 27.6. The summed E-state index contributed by atoms with van der Waals surface area (Å²) in [6.45, 7) is 1.02. The van der Waals surface area contributed by atoms with Gasteiger partial charge in [-0.1, -0.05) is 34.1 Å². The smallest absolute Gasteiger partial charge is 0.420 e. The van der Waals surface area contributed by atoms with E-state index >= 15 is 0 Å². The molecule has 3 aromatic rings. The summed E-state index contributed by atoms with van der Waals surface area (Å²) in [6.07, 6.45) is -4.72. The van der Waals surface area contributed by atoms with Crippen molar-refractivity contribution in [2.45, 2.75) is 31.7 Å². The number of carbonyl (C=O) groups is 2. The minimum atomic E-state index is -4.72. The zero-order valence-corrected chi connectivity index (χ0v) is 23.1. The summed E-state index contributed by atoms with van der Waals surface area (Å²) in [6, 6.07) is 10.8. The molecule has 0 bridgehead atoms. The summed E-state index contributed by atoms with van der Waals surface area (Å²) in [5.41, 5.74) is -0.457. The minimum Gasteiger partial charge on any atom is -0.496 e. The highest BCUT2D eigenvalue weighted by Gasteiger charge is 2.40. The van der Waals surface area contributed by atoms with Crippen molar-refractivity contribution in [1.29, 1.82) is 0 Å². The molecule has 38 heavy (non-hydrogen) atoms. The molecule has 3 aromatic carbocycles. The van der Waals surface area contributed by atoms with E-state index in [0.29, 0.717) is 11.3 Å². The monoisotopic (exact) mass is 615 g/mol. The molecule has 0 spiro atoms. The minimum absolute atomic E-state index is 0. The Balaban J connectivity index is 0.00000400. The lowest BCUT2D eigenvalue weighted by Gasteiger charge is -2.27. The average molecular weight is 617 g/mol. The molecule has 0 aromatic heterocycles. The van der Waals surface area contributed by atoms with Gasteiger partial charge < -0.3 is 25.0 Å². The van der Waals surface area contributed by atoms with E-state index in [4.69, 9.17) is 9.47 Å². The number of methoxy groups -OCH3 is 1. The number of likely N-dealkylation sites (N-methyl/N-ethyl adjacent to an activating group) is 1. The highest BCUT2D eigenvalue weighted by Crippen LogP contribution is 2.44. The van der Waals surface area contributed by atoms with Crippen molar-refractivity contribution in [1.82, 2.24) is 10.6 Å². The maximum absolute atomic E-state index is 13.9. The second-order valence-electron chi connectivity index (χ2n) is 8.57. The van der Waals surface area contributed by atoms with Gasteiger partial charge in [-0.15, -0.1) is 12.4 Å². The van der Waals surface area contributed by atoms with E-state index in [-0.39, 0.29) is 24.6 Å². The van der Waals surface area contributed by atoms with Crippen LogP contribution in [0.15, 0.2) is 53.0 Å². The quantitative estimate of drug-likeness (QED) is 0.405. The van der Waals surface area contributed by atoms with Gasteiger partial charge in [0.05, 0.1) is 30.9 Å². The Morgan fingerprint density at radius 3 is 2.63 bits per heavy atom. The number of halogens is 5. The fourth-order valence-corrected chi connectivity index (χ4v) is 4.59. The van der Waals surface area contributed by atoms with Gasteiger partial charge in [-0.05, 0) is 55.1 Å². The second kappa shape index (κ2) is 11.8. The Hall–Kier alpha value is -3.02. The van der Waals surface area contributed by atoms with Gasteiger partial charge in [0.25, 0.3) is 5.91 Å². The molecule has 0 saturated carbocycles. The van der Waals surface area contributed by atoms with Crippen molar-refractivity contribution in [2.24, 2.45) is 0 Å². The molecule has 12 heteroatoms. The van der Waals surface area contributed by atoms with Crippen LogP contribution in [0, 0.1) is 0 Å². The zero-order valence-electron chi connectivity index (χ0n) is 20.7. The third-order valence-corrected chi connectivity index (χ3v) is 6.77. The van der Waals surface area contributed by atoms with Crippen molar-refractivity contribution in [3.05, 3.63) is 64.1 Å². The molecular formula is C26H26BrClF3N3O4. The molecule has 7 nitrogen and oxygen atoms in total. The number of carbonyl (C=O) groups excluding carboxylic acids is 2. The fraction of sp³-hybridized carbons (Fsp3) is 0.308. The van der Waals surface area contributed by atoms with Crippen LogP contribution in [-0.4, -0.2) is 44.7 Å². The van der Waals surface area contributed by atoms with Gasteiger partial charge in [0.2, 0.25) is 5.91 Å². The number of para-hydroxylation sites is 1. The van der Waals surface area contributed by atoms with Gasteiger partial charge in [-0.2, -0.15) is 13.2 Å². The highest BCUT2D eigenvalue weighted by atomic mass is 79.9. The fourth-order valence-electron chi connectivity index (χ4n) is 4.21. The first-order chi connectivity index (χ1) is 17.5. The Labute approximate surface area is 232 Å². The first-order valence-electron chi connectivity index (χ1n) is 11.4. The average Bonchev–Trinajstić information content (AvgIpc) is 2.99. The molecule has 1 heterocycles. The Bertz CT molecular complexity index is 1360. The molecular weight excluding hydrogens is 591 g/mol. The third-order valence-electron chi connectivity index (χ3n) is 6.28. The summed E-state index contributed by atoms with van der Waals surface area (Å²) in [7, 11) is 3.06. The third kappa shape index (κ3) is 5.84. The van der Waals surface area contributed by atoms with Crippen molar-refractivity contribution in [3.8, 4) is 11.5 Å². The van der Waals surface area contributed by atoms with E-state index in [0.717, 1.165) is 21.3 Å². The lowest BCUT2D eigenvalue weighted by molar-refractivity contribution is -0.139. The number of rotatable bonds is 6. The topological polar surface area (TPSA) is 79.9 Å². The largest absolute Gasteiger partial charge is 0.496 e.